The number of benzene rings is 1. The second-order valence-electron chi connectivity index (χ2n) is 4.43. The number of ether oxygens (including phenoxy) is 1. The van der Waals surface area contributed by atoms with Gasteiger partial charge < -0.3 is 10.5 Å². The van der Waals surface area contributed by atoms with Crippen molar-refractivity contribution >= 4 is 5.69 Å². The molecule has 1 aliphatic heterocycles. The number of para-hydroxylation sites is 1. The molecule has 3 nitrogen and oxygen atoms in total. The maximum absolute atomic E-state index is 5.92. The molecule has 1 aliphatic rings. The zero-order valence-electron chi connectivity index (χ0n) is 9.86. The van der Waals surface area contributed by atoms with Gasteiger partial charge in [0.1, 0.15) is 0 Å². The summed E-state index contributed by atoms with van der Waals surface area (Å²) in [6, 6.07) is 8.11. The lowest BCUT2D eigenvalue weighted by Crippen LogP contribution is -2.41. The smallest absolute Gasteiger partial charge is 0.0674 e. The van der Waals surface area contributed by atoms with Crippen molar-refractivity contribution < 1.29 is 4.74 Å². The second-order valence-corrected chi connectivity index (χ2v) is 4.43. The molecule has 0 aromatic heterocycles. The van der Waals surface area contributed by atoms with E-state index in [1.807, 2.05) is 18.2 Å². The molecule has 0 saturated carbocycles. The molecule has 2 rings (SSSR count). The number of nitrogen functional groups attached to an aromatic ring is 1. The molecule has 0 spiro atoms. The van der Waals surface area contributed by atoms with Gasteiger partial charge in [-0.2, -0.15) is 0 Å². The number of morpholine rings is 1. The van der Waals surface area contributed by atoms with Crippen LogP contribution in [0.25, 0.3) is 0 Å². The van der Waals surface area contributed by atoms with Gasteiger partial charge in [-0.1, -0.05) is 18.2 Å². The molecule has 1 fully saturated rings. The molecule has 0 bridgehead atoms. The van der Waals surface area contributed by atoms with Gasteiger partial charge in [0.25, 0.3) is 0 Å². The summed E-state index contributed by atoms with van der Waals surface area (Å²) >= 11 is 0. The van der Waals surface area contributed by atoms with Crippen LogP contribution in [0.1, 0.15) is 12.5 Å². The number of hydrogen-bond donors (Lipinski definition) is 1. The maximum Gasteiger partial charge on any atom is 0.0674 e. The number of anilines is 1. The highest BCUT2D eigenvalue weighted by atomic mass is 16.5. The Labute approximate surface area is 97.2 Å². The Morgan fingerprint density at radius 3 is 3.00 bits per heavy atom. The van der Waals surface area contributed by atoms with E-state index in [1.165, 1.54) is 5.56 Å². The lowest BCUT2D eigenvalue weighted by atomic mass is 10.1. The largest absolute Gasteiger partial charge is 0.399 e. The molecule has 0 radical (unpaired) electrons. The summed E-state index contributed by atoms with van der Waals surface area (Å²) < 4.78 is 5.52. The minimum absolute atomic E-state index is 0.363. The van der Waals surface area contributed by atoms with Crippen LogP contribution in [-0.4, -0.2) is 37.2 Å². The van der Waals surface area contributed by atoms with Gasteiger partial charge in [-0.15, -0.1) is 0 Å². The summed E-state index contributed by atoms with van der Waals surface area (Å²) in [4.78, 5) is 2.45. The summed E-state index contributed by atoms with van der Waals surface area (Å²) in [6.07, 6.45) is 1.39. The average Bonchev–Trinajstić information content (AvgIpc) is 2.28. The third-order valence-corrected chi connectivity index (χ3v) is 3.08. The predicted octanol–water partition coefficient (Wildman–Crippen LogP) is 1.53. The first-order valence-electron chi connectivity index (χ1n) is 5.93. The van der Waals surface area contributed by atoms with Gasteiger partial charge in [0.15, 0.2) is 0 Å². The van der Waals surface area contributed by atoms with Crippen molar-refractivity contribution in [2.24, 2.45) is 0 Å². The normalized spacial score (nSPS) is 22.2. The molecule has 1 unspecified atom stereocenters. The van der Waals surface area contributed by atoms with Crippen molar-refractivity contribution in [3.63, 3.8) is 0 Å². The molecule has 1 aromatic carbocycles. The van der Waals surface area contributed by atoms with Crippen molar-refractivity contribution in [3.05, 3.63) is 29.8 Å². The van der Waals surface area contributed by atoms with Gasteiger partial charge in [-0.05, 0) is 25.0 Å². The number of hydrogen-bond acceptors (Lipinski definition) is 3. The molecule has 1 saturated heterocycles. The van der Waals surface area contributed by atoms with Gasteiger partial charge in [0, 0.05) is 25.3 Å². The van der Waals surface area contributed by atoms with Crippen LogP contribution in [0.2, 0.25) is 0 Å². The minimum atomic E-state index is 0.363. The van der Waals surface area contributed by atoms with Crippen LogP contribution in [0, 0.1) is 0 Å². The molecular formula is C13H20N2O. The molecule has 1 aromatic rings. The van der Waals surface area contributed by atoms with Crippen molar-refractivity contribution in [3.8, 4) is 0 Å². The van der Waals surface area contributed by atoms with E-state index in [9.17, 15) is 0 Å². The Hall–Kier alpha value is -1.06. The Morgan fingerprint density at radius 2 is 2.25 bits per heavy atom. The van der Waals surface area contributed by atoms with Crippen LogP contribution < -0.4 is 5.73 Å². The Morgan fingerprint density at radius 1 is 1.44 bits per heavy atom. The fraction of sp³-hybridized carbons (Fsp3) is 0.538. The predicted molar refractivity (Wildman–Crippen MR) is 66.4 cm³/mol. The monoisotopic (exact) mass is 220 g/mol. The van der Waals surface area contributed by atoms with E-state index in [0.717, 1.165) is 38.3 Å². The first-order chi connectivity index (χ1) is 7.75. The summed E-state index contributed by atoms with van der Waals surface area (Å²) in [5.74, 6) is 0. The van der Waals surface area contributed by atoms with Crippen LogP contribution in [0.5, 0.6) is 0 Å². The Balaban J connectivity index is 1.85. The molecule has 0 amide bonds. The molecule has 0 aliphatic carbocycles. The van der Waals surface area contributed by atoms with Gasteiger partial charge in [-0.25, -0.2) is 0 Å². The zero-order chi connectivity index (χ0) is 11.4. The summed E-state index contributed by atoms with van der Waals surface area (Å²) in [6.45, 7) is 6.13. The van der Waals surface area contributed by atoms with Crippen LogP contribution in [0.4, 0.5) is 5.69 Å². The molecule has 1 atom stereocenters. The molecule has 3 heteroatoms. The third kappa shape index (κ3) is 2.97. The maximum atomic E-state index is 5.92. The van der Waals surface area contributed by atoms with Crippen LogP contribution in [0.15, 0.2) is 24.3 Å². The molecule has 16 heavy (non-hydrogen) atoms. The fourth-order valence-electron chi connectivity index (χ4n) is 2.13. The van der Waals surface area contributed by atoms with Crippen molar-refractivity contribution in [1.82, 2.24) is 4.90 Å². The zero-order valence-corrected chi connectivity index (χ0v) is 9.86. The Bertz CT molecular complexity index is 340. The third-order valence-electron chi connectivity index (χ3n) is 3.08. The van der Waals surface area contributed by atoms with Crippen LogP contribution in [-0.2, 0) is 11.2 Å². The van der Waals surface area contributed by atoms with E-state index >= 15 is 0 Å². The standard InChI is InChI=1S/C13H20N2O/c1-11-10-15(8-9-16-11)7-6-12-4-2-3-5-13(12)14/h2-5,11H,6-10,14H2,1H3. The molecule has 2 N–H and O–H groups in total. The highest BCUT2D eigenvalue weighted by Gasteiger charge is 2.16. The van der Waals surface area contributed by atoms with E-state index in [4.69, 9.17) is 10.5 Å². The summed E-state index contributed by atoms with van der Waals surface area (Å²) in [5.41, 5.74) is 8.08. The van der Waals surface area contributed by atoms with E-state index in [0.29, 0.717) is 6.10 Å². The van der Waals surface area contributed by atoms with Crippen molar-refractivity contribution in [1.29, 1.82) is 0 Å². The Kier molecular flexibility index (Phi) is 3.80. The molecular weight excluding hydrogens is 200 g/mol. The van der Waals surface area contributed by atoms with E-state index in [1.54, 1.807) is 0 Å². The number of nitrogens with zero attached hydrogens (tertiary/aromatic N) is 1. The molecule has 1 heterocycles. The summed E-state index contributed by atoms with van der Waals surface area (Å²) in [7, 11) is 0. The van der Waals surface area contributed by atoms with Gasteiger partial charge in [-0.3, -0.25) is 4.90 Å². The SMILES string of the molecule is CC1CN(CCc2ccccc2N)CCO1. The van der Waals surface area contributed by atoms with E-state index < -0.39 is 0 Å². The van der Waals surface area contributed by atoms with Crippen LogP contribution in [0.3, 0.4) is 0 Å². The van der Waals surface area contributed by atoms with E-state index in [2.05, 4.69) is 17.9 Å². The van der Waals surface area contributed by atoms with Gasteiger partial charge in [0.05, 0.1) is 12.7 Å². The fourth-order valence-corrected chi connectivity index (χ4v) is 2.13. The van der Waals surface area contributed by atoms with E-state index in [-0.39, 0.29) is 0 Å². The topological polar surface area (TPSA) is 38.5 Å². The second kappa shape index (κ2) is 5.32. The number of nitrogens with two attached hydrogens (primary N) is 1. The van der Waals surface area contributed by atoms with Crippen molar-refractivity contribution in [2.45, 2.75) is 19.4 Å². The summed E-state index contributed by atoms with van der Waals surface area (Å²) in [5, 5.41) is 0. The van der Waals surface area contributed by atoms with Gasteiger partial charge in [0.2, 0.25) is 0 Å². The lowest BCUT2D eigenvalue weighted by molar-refractivity contribution is -0.0177. The highest BCUT2D eigenvalue weighted by Crippen LogP contribution is 2.12. The quantitative estimate of drug-likeness (QED) is 0.785. The first-order valence-corrected chi connectivity index (χ1v) is 5.93. The van der Waals surface area contributed by atoms with Crippen LogP contribution >= 0.6 is 0 Å². The lowest BCUT2D eigenvalue weighted by Gasteiger charge is -2.31. The first kappa shape index (κ1) is 11.4. The van der Waals surface area contributed by atoms with Gasteiger partial charge >= 0.3 is 0 Å². The minimum Gasteiger partial charge on any atom is -0.399 e. The van der Waals surface area contributed by atoms with Crippen molar-refractivity contribution in [2.75, 3.05) is 32.0 Å². The number of rotatable bonds is 3. The highest BCUT2D eigenvalue weighted by molar-refractivity contribution is 5.46. The average molecular weight is 220 g/mol. The molecule has 88 valence electrons.